The molecule has 7 aliphatic rings. The molecule has 12 atom stereocenters. The molecule has 2 bridgehead atoms. The number of rotatable bonds is 15. The number of anilines is 1. The molecule has 0 amide bonds. The van der Waals surface area contributed by atoms with E-state index in [2.05, 4.69) is 70.2 Å². The zero-order valence-electron chi connectivity index (χ0n) is 42.9. The van der Waals surface area contributed by atoms with Crippen molar-refractivity contribution in [2.75, 3.05) is 39.7 Å². The van der Waals surface area contributed by atoms with Gasteiger partial charge in [0.15, 0.2) is 35.1 Å². The summed E-state index contributed by atoms with van der Waals surface area (Å²) >= 11 is 0. The van der Waals surface area contributed by atoms with Crippen molar-refractivity contribution in [1.82, 2.24) is 10.6 Å². The summed E-state index contributed by atoms with van der Waals surface area (Å²) in [5.41, 5.74) is 0.713. The summed E-state index contributed by atoms with van der Waals surface area (Å²) in [4.78, 5) is 20.2. The number of methoxy groups -OCH3 is 1. The molecule has 1 heterocycles. The van der Waals surface area contributed by atoms with E-state index in [0.717, 1.165) is 114 Å². The third-order valence-corrected chi connectivity index (χ3v) is 18.8. The second kappa shape index (κ2) is 22.3. The quantitative estimate of drug-likeness (QED) is 0.0392. The topological polar surface area (TPSA) is 174 Å². The van der Waals surface area contributed by atoms with Gasteiger partial charge in [0.2, 0.25) is 5.96 Å². The van der Waals surface area contributed by atoms with Gasteiger partial charge in [-0.25, -0.2) is 0 Å². The Balaban J connectivity index is 1.18. The summed E-state index contributed by atoms with van der Waals surface area (Å²) < 4.78 is 19.0. The number of fused-ring (bicyclic) bond motifs is 5. The van der Waals surface area contributed by atoms with Crippen LogP contribution in [0.1, 0.15) is 140 Å². The standard InChI is InChI=1S/C59H82N4O8/c1-5-38-18-20-44-45(16-11-29-64)47-17-9-26-59(47)42-33-49(55(68)52(34-42)71-57(37-60-2)27-24-40(35-57)32-54(67)70-43-14-6-7-15-43)63-56(61-3)62-28-10-13-41-12-8-25-58(41,53(66)23-21-48(59)46(44)30-38)36-39-19-22-50(65)51(31-39)69-4/h18-23,31,33-34,38,40-41,43-48,54,60,64-65,67-68H,5-9,11-17,24-27,29-30,32,35-37H2,1-4H3,(H2,61,62,63)/b23-21+/t38-,40+,41-,44+,45-,46+,47+,48+,54+,57-,58-,59-/m0/s1. The van der Waals surface area contributed by atoms with E-state index >= 15 is 4.79 Å². The molecule has 12 nitrogen and oxygen atoms in total. The summed E-state index contributed by atoms with van der Waals surface area (Å²) in [7, 11) is 5.20. The average Bonchev–Trinajstić information content (AvgIpc) is 4.21. The van der Waals surface area contributed by atoms with Crippen molar-refractivity contribution in [2.45, 2.75) is 159 Å². The molecular formula is C59H82N4O8. The zero-order valence-corrected chi connectivity index (χ0v) is 42.9. The number of ketones is 1. The Kier molecular flexibility index (Phi) is 16.1. The van der Waals surface area contributed by atoms with Gasteiger partial charge >= 0.3 is 0 Å². The van der Waals surface area contributed by atoms with E-state index in [4.69, 9.17) is 14.2 Å². The molecule has 1 spiro atoms. The van der Waals surface area contributed by atoms with Crippen LogP contribution in [0.25, 0.3) is 0 Å². The maximum absolute atomic E-state index is 15.6. The van der Waals surface area contributed by atoms with Gasteiger partial charge in [0.25, 0.3) is 0 Å². The van der Waals surface area contributed by atoms with E-state index in [1.807, 2.05) is 25.3 Å². The van der Waals surface area contributed by atoms with E-state index in [0.29, 0.717) is 73.1 Å². The van der Waals surface area contributed by atoms with Crippen LogP contribution in [0.4, 0.5) is 5.69 Å². The molecule has 0 aromatic heterocycles. The number of aliphatic hydroxyl groups is 2. The molecular weight excluding hydrogens is 893 g/mol. The van der Waals surface area contributed by atoms with Crippen LogP contribution >= 0.6 is 0 Å². The second-order valence-corrected chi connectivity index (χ2v) is 22.6. The SMILES string of the molecule is CC[C@H]1C=C[C@H]2[C@@H](C1)[C@H]1/C=C/C(=O)[C@]3(Cc4ccc(O)c(OC)c4)CCC[C@H]3CC#CNC(=NC)Nc3cc(cc(O[C@@]4(CNC)CC[C@H](C[C@H](O)OC5CCCC5)C4)c3O)[C@]13CCC[C@@H]3[C@H]2CCCO. The van der Waals surface area contributed by atoms with Gasteiger partial charge in [0.05, 0.1) is 18.9 Å². The highest BCUT2D eigenvalue weighted by atomic mass is 16.6. The smallest absolute Gasteiger partial charge is 0.207 e. The Morgan fingerprint density at radius 3 is 2.59 bits per heavy atom. The van der Waals surface area contributed by atoms with Crippen LogP contribution in [0.15, 0.2) is 59.6 Å². The fraction of sp³-hybridized carbons (Fsp3) is 0.661. The second-order valence-electron chi connectivity index (χ2n) is 22.6. The zero-order chi connectivity index (χ0) is 49.8. The van der Waals surface area contributed by atoms with Crippen molar-refractivity contribution >= 4 is 17.4 Å². The fourth-order valence-electron chi connectivity index (χ4n) is 15.5. The van der Waals surface area contributed by atoms with E-state index < -0.39 is 22.7 Å². The summed E-state index contributed by atoms with van der Waals surface area (Å²) in [5, 5.41) is 54.8. The molecule has 1 aliphatic heterocycles. The number of phenols is 2. The Morgan fingerprint density at radius 2 is 1.82 bits per heavy atom. The number of allylic oxidation sites excluding steroid dienone is 4. The maximum Gasteiger partial charge on any atom is 0.207 e. The Hall–Kier alpha value is -4.54. The lowest BCUT2D eigenvalue weighted by atomic mass is 9.46. The largest absolute Gasteiger partial charge is 0.504 e. The molecule has 2 aromatic rings. The highest BCUT2D eigenvalue weighted by Gasteiger charge is 2.61. The molecule has 0 unspecified atom stereocenters. The van der Waals surface area contributed by atoms with Gasteiger partial charge in [-0.1, -0.05) is 62.8 Å². The summed E-state index contributed by atoms with van der Waals surface area (Å²) in [6, 6.07) is 12.9. The highest BCUT2D eigenvalue weighted by Crippen LogP contribution is 2.66. The van der Waals surface area contributed by atoms with Crippen molar-refractivity contribution < 1.29 is 39.4 Å². The van der Waals surface area contributed by atoms with Crippen molar-refractivity contribution in [3.63, 3.8) is 0 Å². The number of benzene rings is 2. The molecule has 7 N–H and O–H groups in total. The number of nitrogens with one attached hydrogen (secondary N) is 3. The van der Waals surface area contributed by atoms with Crippen molar-refractivity contribution in [1.29, 1.82) is 0 Å². The summed E-state index contributed by atoms with van der Waals surface area (Å²) in [6.45, 7) is 2.98. The number of guanidine groups is 1. The van der Waals surface area contributed by atoms with Crippen LogP contribution in [0, 0.1) is 64.7 Å². The monoisotopic (exact) mass is 975 g/mol. The fourth-order valence-corrected chi connectivity index (χ4v) is 15.5. The lowest BCUT2D eigenvalue weighted by Crippen LogP contribution is -2.54. The summed E-state index contributed by atoms with van der Waals surface area (Å²) in [5.74, 6) is 6.42. The van der Waals surface area contributed by atoms with Crippen LogP contribution in [0.5, 0.6) is 23.0 Å². The minimum absolute atomic E-state index is 0.00119. The normalized spacial score (nSPS) is 35.1. The number of aromatic hydroxyl groups is 2. The van der Waals surface area contributed by atoms with Crippen molar-refractivity contribution in [3.05, 3.63) is 65.8 Å². The predicted octanol–water partition coefficient (Wildman–Crippen LogP) is 9.69. The molecule has 6 aliphatic carbocycles. The third kappa shape index (κ3) is 10.4. The van der Waals surface area contributed by atoms with Crippen molar-refractivity contribution in [3.8, 4) is 35.0 Å². The molecule has 2 aromatic carbocycles. The number of nitrogens with zero attached hydrogens (tertiary/aromatic N) is 1. The van der Waals surface area contributed by atoms with Crippen LogP contribution in [-0.2, 0) is 21.4 Å². The number of hydrogen-bond acceptors (Lipinski definition) is 10. The predicted molar refractivity (Wildman–Crippen MR) is 278 cm³/mol. The van der Waals surface area contributed by atoms with Crippen LogP contribution in [0.3, 0.4) is 0 Å². The van der Waals surface area contributed by atoms with Gasteiger partial charge in [0.1, 0.15) is 5.60 Å². The number of carbonyl (C=O) groups is 1. The lowest BCUT2D eigenvalue weighted by molar-refractivity contribution is -0.143. The van der Waals surface area contributed by atoms with Gasteiger partial charge in [0, 0.05) is 49.9 Å². The first-order valence-electron chi connectivity index (χ1n) is 27.4. The van der Waals surface area contributed by atoms with Gasteiger partial charge in [-0.2, -0.15) is 0 Å². The molecule has 0 radical (unpaired) electrons. The number of hydrogen-bond donors (Lipinski definition) is 7. The average molecular weight is 975 g/mol. The molecule has 5 saturated carbocycles. The van der Waals surface area contributed by atoms with E-state index in [1.165, 1.54) is 0 Å². The maximum atomic E-state index is 15.6. The first-order chi connectivity index (χ1) is 34.5. The third-order valence-electron chi connectivity index (χ3n) is 18.8. The van der Waals surface area contributed by atoms with E-state index in [1.54, 1.807) is 20.2 Å². The molecule has 71 heavy (non-hydrogen) atoms. The molecule has 9 rings (SSSR count). The van der Waals surface area contributed by atoms with Crippen molar-refractivity contribution in [2.24, 2.45) is 57.8 Å². The minimum atomic E-state index is -0.819. The Labute approximate surface area is 422 Å². The van der Waals surface area contributed by atoms with E-state index in [9.17, 15) is 20.4 Å². The van der Waals surface area contributed by atoms with Crippen LogP contribution in [0.2, 0.25) is 0 Å². The van der Waals surface area contributed by atoms with Gasteiger partial charge in [-0.05, 0) is 186 Å². The molecule has 386 valence electrons. The van der Waals surface area contributed by atoms with E-state index in [-0.39, 0.29) is 59.6 Å². The molecule has 5 fully saturated rings. The number of aliphatic hydroxyl groups excluding tert-OH is 2. The van der Waals surface area contributed by atoms with Gasteiger partial charge < -0.3 is 45.3 Å². The number of likely N-dealkylation sites (N-methyl/N-ethyl adjacent to an activating group) is 1. The number of phenolic OH excluding ortho intramolecular Hbond substituents is 2. The van der Waals surface area contributed by atoms with Gasteiger partial charge in [-0.3, -0.25) is 15.1 Å². The Morgan fingerprint density at radius 1 is 0.986 bits per heavy atom. The number of aliphatic imine (C=N–C) groups is 1. The number of carbonyl (C=O) groups excluding carboxylic acids is 1. The molecule has 12 heteroatoms. The Bertz CT molecular complexity index is 2350. The van der Waals surface area contributed by atoms with Crippen LogP contribution < -0.4 is 25.4 Å². The lowest BCUT2D eigenvalue weighted by Gasteiger charge is -2.58. The number of ether oxygens (including phenoxy) is 3. The van der Waals surface area contributed by atoms with Crippen LogP contribution in [-0.4, -0.2) is 84.5 Å². The summed E-state index contributed by atoms with van der Waals surface area (Å²) in [6.07, 6.45) is 25.9. The minimum Gasteiger partial charge on any atom is -0.504 e. The molecule has 0 saturated heterocycles. The highest BCUT2D eigenvalue weighted by molar-refractivity contribution is 5.97. The van der Waals surface area contributed by atoms with Gasteiger partial charge in [-0.15, -0.1) is 0 Å². The first-order valence-corrected chi connectivity index (χ1v) is 27.4. The first kappa shape index (κ1) is 51.4.